The molecule has 2 saturated heterocycles. The highest BCUT2D eigenvalue weighted by molar-refractivity contribution is 7.88. The van der Waals surface area contributed by atoms with Crippen molar-refractivity contribution in [3.8, 4) is 0 Å². The summed E-state index contributed by atoms with van der Waals surface area (Å²) in [5, 5.41) is 3.16. The van der Waals surface area contributed by atoms with E-state index in [-0.39, 0.29) is 24.7 Å². The predicted molar refractivity (Wildman–Crippen MR) is 106 cm³/mol. The molecule has 2 N–H and O–H groups in total. The molecule has 0 saturated carbocycles. The molecule has 150 valence electrons. The Balaban J connectivity index is 1.50. The Morgan fingerprint density at radius 1 is 1.15 bits per heavy atom. The minimum Gasteiger partial charge on any atom is -0.334 e. The molecular weight excluding hydrogens is 364 g/mol. The molecule has 0 unspecified atom stereocenters. The third-order valence-electron chi connectivity index (χ3n) is 5.32. The normalized spacial score (nSPS) is 24.1. The number of nitrogens with one attached hydrogen (secondary N) is 2. The number of nitrogens with zero attached hydrogens (tertiary/aromatic N) is 2. The van der Waals surface area contributed by atoms with Crippen molar-refractivity contribution in [1.29, 1.82) is 0 Å². The van der Waals surface area contributed by atoms with Crippen LogP contribution in [0.4, 0.5) is 4.79 Å². The van der Waals surface area contributed by atoms with E-state index in [0.717, 1.165) is 51.6 Å². The standard InChI is InChI=1S/C19H30N4O3S/c1-27(25,26)20-13-18-9-5-6-11-23(18)19(24)21-17-10-12-22(15-17)14-16-7-3-2-4-8-16/h2-4,7-8,17-18,20H,5-6,9-15H2,1H3,(H,21,24)/t17-,18+/m0/s1. The molecule has 0 radical (unpaired) electrons. The lowest BCUT2D eigenvalue weighted by molar-refractivity contribution is 0.149. The molecule has 0 aliphatic carbocycles. The fraction of sp³-hybridized carbons (Fsp3) is 0.632. The first-order valence-corrected chi connectivity index (χ1v) is 11.6. The van der Waals surface area contributed by atoms with Crippen molar-refractivity contribution < 1.29 is 13.2 Å². The van der Waals surface area contributed by atoms with E-state index in [4.69, 9.17) is 0 Å². The van der Waals surface area contributed by atoms with Crippen LogP contribution in [0.2, 0.25) is 0 Å². The van der Waals surface area contributed by atoms with E-state index in [1.807, 2.05) is 23.1 Å². The molecule has 1 aromatic carbocycles. The van der Waals surface area contributed by atoms with Gasteiger partial charge >= 0.3 is 6.03 Å². The van der Waals surface area contributed by atoms with Gasteiger partial charge in [0, 0.05) is 44.8 Å². The van der Waals surface area contributed by atoms with Crippen LogP contribution in [0.15, 0.2) is 30.3 Å². The van der Waals surface area contributed by atoms with Crippen LogP contribution < -0.4 is 10.0 Å². The number of amides is 2. The summed E-state index contributed by atoms with van der Waals surface area (Å²) in [4.78, 5) is 16.9. The number of urea groups is 1. The maximum Gasteiger partial charge on any atom is 0.317 e. The Morgan fingerprint density at radius 2 is 1.93 bits per heavy atom. The van der Waals surface area contributed by atoms with Gasteiger partial charge in [0.25, 0.3) is 0 Å². The van der Waals surface area contributed by atoms with Crippen LogP contribution in [-0.4, -0.2) is 68.8 Å². The van der Waals surface area contributed by atoms with Crippen molar-refractivity contribution in [3.05, 3.63) is 35.9 Å². The molecule has 8 heteroatoms. The molecule has 2 aliphatic rings. The fourth-order valence-electron chi connectivity index (χ4n) is 3.92. The zero-order valence-electron chi connectivity index (χ0n) is 15.9. The minimum atomic E-state index is -3.25. The molecule has 0 spiro atoms. The minimum absolute atomic E-state index is 0.0680. The van der Waals surface area contributed by atoms with Gasteiger partial charge in [-0.15, -0.1) is 0 Å². The van der Waals surface area contributed by atoms with Crippen LogP contribution >= 0.6 is 0 Å². The lowest BCUT2D eigenvalue weighted by atomic mass is 10.0. The van der Waals surface area contributed by atoms with E-state index in [1.54, 1.807) is 0 Å². The van der Waals surface area contributed by atoms with E-state index in [9.17, 15) is 13.2 Å². The summed E-state index contributed by atoms with van der Waals surface area (Å²) in [6, 6.07) is 10.4. The third-order valence-corrected chi connectivity index (χ3v) is 6.01. The largest absolute Gasteiger partial charge is 0.334 e. The molecule has 2 aliphatic heterocycles. The molecule has 0 aromatic heterocycles. The molecule has 2 heterocycles. The third kappa shape index (κ3) is 6.19. The van der Waals surface area contributed by atoms with Crippen LogP contribution in [-0.2, 0) is 16.6 Å². The number of carbonyl (C=O) groups excluding carboxylic acids is 1. The van der Waals surface area contributed by atoms with E-state index >= 15 is 0 Å². The van der Waals surface area contributed by atoms with Crippen molar-refractivity contribution in [2.75, 3.05) is 32.4 Å². The summed E-state index contributed by atoms with van der Waals surface area (Å²) in [7, 11) is -3.25. The summed E-state index contributed by atoms with van der Waals surface area (Å²) >= 11 is 0. The predicted octanol–water partition coefficient (Wildman–Crippen LogP) is 1.37. The Morgan fingerprint density at radius 3 is 2.67 bits per heavy atom. The second kappa shape index (κ2) is 9.03. The average Bonchev–Trinajstić information content (AvgIpc) is 3.07. The maximum atomic E-state index is 12.8. The van der Waals surface area contributed by atoms with Gasteiger partial charge in [0.15, 0.2) is 0 Å². The van der Waals surface area contributed by atoms with E-state index < -0.39 is 10.0 Å². The van der Waals surface area contributed by atoms with Gasteiger partial charge in [0.1, 0.15) is 0 Å². The highest BCUT2D eigenvalue weighted by atomic mass is 32.2. The molecule has 7 nitrogen and oxygen atoms in total. The van der Waals surface area contributed by atoms with Crippen LogP contribution in [0.3, 0.4) is 0 Å². The summed E-state index contributed by atoms with van der Waals surface area (Å²) in [6.45, 7) is 3.69. The lowest BCUT2D eigenvalue weighted by Crippen LogP contribution is -2.54. The van der Waals surface area contributed by atoms with Gasteiger partial charge in [0.2, 0.25) is 10.0 Å². The summed E-state index contributed by atoms with van der Waals surface area (Å²) < 4.78 is 25.3. The van der Waals surface area contributed by atoms with Gasteiger partial charge in [-0.25, -0.2) is 17.9 Å². The number of likely N-dealkylation sites (tertiary alicyclic amines) is 2. The van der Waals surface area contributed by atoms with E-state index in [0.29, 0.717) is 6.54 Å². The number of carbonyl (C=O) groups is 1. The number of hydrogen-bond acceptors (Lipinski definition) is 4. The SMILES string of the molecule is CS(=O)(=O)NC[C@H]1CCCCN1C(=O)N[C@H]1CCN(Cc2ccccc2)C1. The summed E-state index contributed by atoms with van der Waals surface area (Å²) in [5.74, 6) is 0. The number of hydrogen-bond donors (Lipinski definition) is 2. The van der Waals surface area contributed by atoms with Crippen molar-refractivity contribution in [2.45, 2.75) is 44.3 Å². The van der Waals surface area contributed by atoms with Crippen LogP contribution in [0.5, 0.6) is 0 Å². The Bertz CT molecular complexity index is 726. The first-order valence-electron chi connectivity index (χ1n) is 9.69. The fourth-order valence-corrected chi connectivity index (χ4v) is 4.42. The summed E-state index contributed by atoms with van der Waals surface area (Å²) in [5.41, 5.74) is 1.28. The summed E-state index contributed by atoms with van der Waals surface area (Å²) in [6.07, 6.45) is 4.92. The molecular formula is C19H30N4O3S. The smallest absolute Gasteiger partial charge is 0.317 e. The van der Waals surface area contributed by atoms with E-state index in [2.05, 4.69) is 27.1 Å². The van der Waals surface area contributed by atoms with Crippen LogP contribution in [0.25, 0.3) is 0 Å². The average molecular weight is 395 g/mol. The highest BCUT2D eigenvalue weighted by Crippen LogP contribution is 2.18. The molecule has 27 heavy (non-hydrogen) atoms. The van der Waals surface area contributed by atoms with Crippen molar-refractivity contribution >= 4 is 16.1 Å². The molecule has 3 rings (SSSR count). The van der Waals surface area contributed by atoms with Crippen LogP contribution in [0, 0.1) is 0 Å². The Kier molecular flexibility index (Phi) is 6.73. The molecule has 0 bridgehead atoms. The highest BCUT2D eigenvalue weighted by Gasteiger charge is 2.30. The van der Waals surface area contributed by atoms with Crippen molar-refractivity contribution in [2.24, 2.45) is 0 Å². The van der Waals surface area contributed by atoms with Gasteiger partial charge in [-0.05, 0) is 31.2 Å². The van der Waals surface area contributed by atoms with Crippen molar-refractivity contribution in [1.82, 2.24) is 19.8 Å². The first kappa shape index (κ1) is 20.1. The van der Waals surface area contributed by atoms with Gasteiger partial charge in [-0.3, -0.25) is 4.90 Å². The lowest BCUT2D eigenvalue weighted by Gasteiger charge is -2.36. The number of sulfonamides is 1. The molecule has 2 amide bonds. The monoisotopic (exact) mass is 394 g/mol. The second-order valence-corrected chi connectivity index (χ2v) is 9.45. The quantitative estimate of drug-likeness (QED) is 0.764. The van der Waals surface area contributed by atoms with Crippen LogP contribution in [0.1, 0.15) is 31.2 Å². The zero-order chi connectivity index (χ0) is 19.3. The van der Waals surface area contributed by atoms with Crippen molar-refractivity contribution in [3.63, 3.8) is 0 Å². The Labute approximate surface area is 162 Å². The number of rotatable bonds is 6. The maximum absolute atomic E-state index is 12.8. The Hall–Kier alpha value is -1.64. The number of piperidine rings is 1. The topological polar surface area (TPSA) is 81.8 Å². The second-order valence-electron chi connectivity index (χ2n) is 7.62. The number of benzene rings is 1. The van der Waals surface area contributed by atoms with E-state index in [1.165, 1.54) is 5.56 Å². The molecule has 2 fully saturated rings. The zero-order valence-corrected chi connectivity index (χ0v) is 16.7. The molecule has 1 aromatic rings. The van der Waals surface area contributed by atoms with Gasteiger partial charge in [-0.2, -0.15) is 0 Å². The van der Waals surface area contributed by atoms with Gasteiger partial charge in [-0.1, -0.05) is 30.3 Å². The first-order chi connectivity index (χ1) is 12.9. The van der Waals surface area contributed by atoms with Gasteiger partial charge < -0.3 is 10.2 Å². The molecule has 2 atom stereocenters. The van der Waals surface area contributed by atoms with Gasteiger partial charge in [0.05, 0.1) is 6.26 Å².